The summed E-state index contributed by atoms with van der Waals surface area (Å²) in [6.45, 7) is 1.88. The van der Waals surface area contributed by atoms with Crippen molar-refractivity contribution in [1.29, 1.82) is 5.26 Å². The lowest BCUT2D eigenvalue weighted by Crippen LogP contribution is -2.47. The molecule has 2 N–H and O–H groups in total. The highest BCUT2D eigenvalue weighted by molar-refractivity contribution is 6.00. The van der Waals surface area contributed by atoms with Crippen LogP contribution in [0.15, 0.2) is 65.6 Å². The summed E-state index contributed by atoms with van der Waals surface area (Å²) < 4.78 is 44.9. The quantitative estimate of drug-likeness (QED) is 0.299. The fourth-order valence-corrected chi connectivity index (χ4v) is 6.80. The molecule has 256 valence electrons. The first-order chi connectivity index (χ1) is 23.4. The lowest BCUT2D eigenvalue weighted by atomic mass is 9.85. The Hall–Kier alpha value is -5.16. The fraction of sp³-hybridized carbons (Fsp3) is 0.400. The number of halogens is 3. The molecule has 14 heteroatoms. The van der Waals surface area contributed by atoms with E-state index in [1.54, 1.807) is 30.3 Å². The molecular formula is C35H37F3N8O3. The number of alkyl halides is 3. The van der Waals surface area contributed by atoms with E-state index < -0.39 is 23.2 Å². The van der Waals surface area contributed by atoms with Gasteiger partial charge in [-0.15, -0.1) is 0 Å². The van der Waals surface area contributed by atoms with Gasteiger partial charge in [0.2, 0.25) is 5.91 Å². The first-order valence-corrected chi connectivity index (χ1v) is 16.3. The summed E-state index contributed by atoms with van der Waals surface area (Å²) in [6.07, 6.45) is 0.874. The highest BCUT2D eigenvalue weighted by Crippen LogP contribution is 2.32. The molecule has 0 bridgehead atoms. The van der Waals surface area contributed by atoms with Crippen molar-refractivity contribution in [2.75, 3.05) is 20.1 Å². The molecule has 2 aromatic heterocycles. The smallest absolute Gasteiger partial charge is 0.353 e. The van der Waals surface area contributed by atoms with Gasteiger partial charge in [-0.05, 0) is 107 Å². The van der Waals surface area contributed by atoms with E-state index in [4.69, 9.17) is 0 Å². The molecule has 4 aromatic rings. The molecule has 2 fully saturated rings. The summed E-state index contributed by atoms with van der Waals surface area (Å²) in [6, 6.07) is 14.4. The maximum absolute atomic E-state index is 14.1. The topological polar surface area (TPSA) is 130 Å². The molecule has 2 aromatic carbocycles. The van der Waals surface area contributed by atoms with Gasteiger partial charge < -0.3 is 15.5 Å². The van der Waals surface area contributed by atoms with Gasteiger partial charge in [0.05, 0.1) is 40.5 Å². The van der Waals surface area contributed by atoms with Crippen LogP contribution in [-0.2, 0) is 18.0 Å². The number of nitrogens with one attached hydrogen (secondary N) is 2. The summed E-state index contributed by atoms with van der Waals surface area (Å²) in [5.41, 5.74) is -0.600. The Kier molecular flexibility index (Phi) is 9.47. The van der Waals surface area contributed by atoms with Crippen LogP contribution in [0, 0.1) is 17.2 Å². The molecule has 11 nitrogen and oxygen atoms in total. The van der Waals surface area contributed by atoms with Crippen molar-refractivity contribution in [3.05, 3.63) is 87.8 Å². The van der Waals surface area contributed by atoms with E-state index >= 15 is 0 Å². The fourth-order valence-electron chi connectivity index (χ4n) is 6.80. The number of carbonyl (C=O) groups excluding carboxylic acids is 2. The van der Waals surface area contributed by atoms with Gasteiger partial charge in [-0.25, -0.2) is 9.36 Å². The molecule has 6 rings (SSSR count). The average molecular weight is 675 g/mol. The van der Waals surface area contributed by atoms with Crippen LogP contribution in [0.25, 0.3) is 22.8 Å². The van der Waals surface area contributed by atoms with Crippen LogP contribution in [0.2, 0.25) is 0 Å². The predicted octanol–water partition coefficient (Wildman–Crippen LogP) is 4.42. The number of likely N-dealkylation sites (tertiary alicyclic amines) is 1. The second-order valence-corrected chi connectivity index (χ2v) is 12.8. The molecule has 1 aliphatic heterocycles. The molecule has 1 aliphatic carbocycles. The maximum Gasteiger partial charge on any atom is 0.416 e. The van der Waals surface area contributed by atoms with Gasteiger partial charge in [-0.2, -0.15) is 23.5 Å². The van der Waals surface area contributed by atoms with Gasteiger partial charge >= 0.3 is 6.18 Å². The average Bonchev–Trinajstić information content (AvgIpc) is 3.67. The highest BCUT2D eigenvalue weighted by Gasteiger charge is 2.34. The Morgan fingerprint density at radius 2 is 1.57 bits per heavy atom. The van der Waals surface area contributed by atoms with Crippen molar-refractivity contribution in [2.24, 2.45) is 13.0 Å². The number of amides is 2. The summed E-state index contributed by atoms with van der Waals surface area (Å²) >= 11 is 0. The molecule has 0 spiro atoms. The van der Waals surface area contributed by atoms with Crippen molar-refractivity contribution in [3.63, 3.8) is 0 Å². The van der Waals surface area contributed by atoms with E-state index in [2.05, 4.69) is 33.7 Å². The Morgan fingerprint density at radius 3 is 2.22 bits per heavy atom. The van der Waals surface area contributed by atoms with E-state index in [9.17, 15) is 32.8 Å². The van der Waals surface area contributed by atoms with Gasteiger partial charge in [0.25, 0.3) is 11.5 Å². The van der Waals surface area contributed by atoms with Gasteiger partial charge in [0.15, 0.2) is 0 Å². The van der Waals surface area contributed by atoms with Gasteiger partial charge in [0, 0.05) is 25.0 Å². The molecule has 0 unspecified atom stereocenters. The molecule has 0 radical (unpaired) electrons. The van der Waals surface area contributed by atoms with E-state index in [0.29, 0.717) is 42.6 Å². The van der Waals surface area contributed by atoms with Crippen LogP contribution < -0.4 is 16.2 Å². The van der Waals surface area contributed by atoms with Crippen molar-refractivity contribution in [2.45, 2.75) is 56.8 Å². The van der Waals surface area contributed by atoms with Crippen molar-refractivity contribution in [1.82, 2.24) is 34.7 Å². The normalized spacial score (nSPS) is 18.9. The summed E-state index contributed by atoms with van der Waals surface area (Å²) in [4.78, 5) is 43.4. The van der Waals surface area contributed by atoms with Crippen LogP contribution in [0.1, 0.15) is 60.0 Å². The Morgan fingerprint density at radius 1 is 0.898 bits per heavy atom. The molecule has 2 aliphatic rings. The largest absolute Gasteiger partial charge is 0.416 e. The molecule has 3 heterocycles. The number of aromatic nitrogens is 4. The minimum absolute atomic E-state index is 0.0321. The van der Waals surface area contributed by atoms with Crippen molar-refractivity contribution in [3.8, 4) is 28.8 Å². The van der Waals surface area contributed by atoms with Crippen molar-refractivity contribution < 1.29 is 22.8 Å². The zero-order chi connectivity index (χ0) is 34.9. The van der Waals surface area contributed by atoms with Crippen LogP contribution >= 0.6 is 0 Å². The van der Waals surface area contributed by atoms with Gasteiger partial charge in [-0.3, -0.25) is 19.1 Å². The monoisotopic (exact) mass is 674 g/mol. The summed E-state index contributed by atoms with van der Waals surface area (Å²) in [5.74, 6) is -0.808. The number of rotatable bonds is 7. The Balaban J connectivity index is 1.30. The number of hydrogen-bond acceptors (Lipinski definition) is 6. The summed E-state index contributed by atoms with van der Waals surface area (Å²) in [7, 11) is 3.56. The van der Waals surface area contributed by atoms with Crippen LogP contribution in [0.5, 0.6) is 0 Å². The number of nitrogens with zero attached hydrogens (tertiary/aromatic N) is 6. The van der Waals surface area contributed by atoms with Crippen LogP contribution in [-0.4, -0.2) is 68.1 Å². The number of piperidine rings is 1. The second-order valence-electron chi connectivity index (χ2n) is 12.8. The minimum Gasteiger partial charge on any atom is -0.353 e. The first-order valence-electron chi connectivity index (χ1n) is 16.3. The highest BCUT2D eigenvalue weighted by atomic mass is 19.4. The standard InChI is InChI=1S/C35H37F3N8O3/c1-43-18-15-26(16-19-43)41-32(47)23-8-10-25(11-9-23)42-33(48)30-31(29-14-17-40-45(29)27-12-6-22(21-39)7-13-27)44(2)46(34(30)49)28-5-3-4-24(20-28)35(36,37)38/h3-7,12-14,17,20,23,25-26H,8-11,15-16,18-19H2,1-2H3,(H,41,47)(H,42,48)/t23-,25-. The molecule has 2 amide bonds. The van der Waals surface area contributed by atoms with Crippen molar-refractivity contribution >= 4 is 11.8 Å². The molecule has 0 atom stereocenters. The van der Waals surface area contributed by atoms with E-state index in [1.807, 2.05) is 0 Å². The molecule has 49 heavy (non-hydrogen) atoms. The maximum atomic E-state index is 14.1. The minimum atomic E-state index is -4.65. The lowest BCUT2D eigenvalue weighted by Gasteiger charge is -2.32. The molecular weight excluding hydrogens is 637 g/mol. The zero-order valence-corrected chi connectivity index (χ0v) is 27.2. The second kappa shape index (κ2) is 13.8. The van der Waals surface area contributed by atoms with Gasteiger partial charge in [0.1, 0.15) is 11.3 Å². The van der Waals surface area contributed by atoms with E-state index in [1.165, 1.54) is 34.7 Å². The van der Waals surface area contributed by atoms with Crippen LogP contribution in [0.3, 0.4) is 0 Å². The van der Waals surface area contributed by atoms with E-state index in [0.717, 1.165) is 42.7 Å². The SMILES string of the molecule is CN1CCC(NC(=O)[C@H]2CC[C@H](NC(=O)c3c(-c4ccnn4-c4ccc(C#N)cc4)n(C)n(-c4cccc(C(F)(F)F)c4)c3=O)CC2)CC1. The molecule has 1 saturated heterocycles. The molecule has 1 saturated carbocycles. The third-order valence-electron chi connectivity index (χ3n) is 9.54. The lowest BCUT2D eigenvalue weighted by molar-refractivity contribution is -0.137. The van der Waals surface area contributed by atoms with Gasteiger partial charge in [-0.1, -0.05) is 6.07 Å². The third-order valence-corrected chi connectivity index (χ3v) is 9.54. The zero-order valence-electron chi connectivity index (χ0n) is 27.2. The number of carbonyl (C=O) groups is 2. The summed E-state index contributed by atoms with van der Waals surface area (Å²) in [5, 5.41) is 19.8. The third kappa shape index (κ3) is 7.03. The first kappa shape index (κ1) is 33.7. The number of nitriles is 1. The number of hydrogen-bond donors (Lipinski definition) is 2. The van der Waals surface area contributed by atoms with Crippen LogP contribution in [0.4, 0.5) is 13.2 Å². The predicted molar refractivity (Wildman–Crippen MR) is 175 cm³/mol. The Bertz CT molecular complexity index is 1940. The number of benzene rings is 2. The Labute approximate surface area is 280 Å². The van der Waals surface area contributed by atoms with E-state index in [-0.39, 0.29) is 40.9 Å².